The third-order valence-corrected chi connectivity index (χ3v) is 5.54. The fourth-order valence-electron chi connectivity index (χ4n) is 3.10. The minimum absolute atomic E-state index is 0.0280. The Kier molecular flexibility index (Phi) is 7.07. The molecule has 1 N–H and O–H groups in total. The molecule has 0 saturated carbocycles. The Morgan fingerprint density at radius 3 is 2.57 bits per heavy atom. The van der Waals surface area contributed by atoms with Gasteiger partial charge in [0.2, 0.25) is 0 Å². The van der Waals surface area contributed by atoms with Crippen molar-refractivity contribution < 1.29 is 4.92 Å². The van der Waals surface area contributed by atoms with E-state index in [2.05, 4.69) is 15.1 Å². The van der Waals surface area contributed by atoms with Crippen molar-refractivity contribution in [2.75, 3.05) is 31.5 Å². The summed E-state index contributed by atoms with van der Waals surface area (Å²) in [7, 11) is 0. The third-order valence-electron chi connectivity index (χ3n) is 4.60. The van der Waals surface area contributed by atoms with E-state index in [1.54, 1.807) is 0 Å². The highest BCUT2D eigenvalue weighted by Gasteiger charge is 2.18. The third kappa shape index (κ3) is 5.54. The van der Waals surface area contributed by atoms with Crippen LogP contribution in [0.2, 0.25) is 10.0 Å². The molecule has 2 aromatic carbocycles. The number of non-ortho nitro benzene ring substituents is 1. The van der Waals surface area contributed by atoms with Gasteiger partial charge in [0.15, 0.2) is 5.11 Å². The standard InChI is InChI=1S/C19H20Cl2N4O2S/c20-15-4-2-14(3-5-15)13-23-8-1-9-24(11-10-23)19(28)22-18-12-16(25(26)27)6-7-17(18)21/h2-7,12H,1,8-11,13H2,(H,22,28). The zero-order valence-electron chi connectivity index (χ0n) is 15.1. The predicted octanol–water partition coefficient (Wildman–Crippen LogP) is 4.81. The van der Waals surface area contributed by atoms with E-state index < -0.39 is 4.92 Å². The van der Waals surface area contributed by atoms with Crippen LogP contribution in [-0.4, -0.2) is 46.0 Å². The Morgan fingerprint density at radius 2 is 1.86 bits per heavy atom. The summed E-state index contributed by atoms with van der Waals surface area (Å²) in [5.74, 6) is 0. The van der Waals surface area contributed by atoms with Crippen LogP contribution in [-0.2, 0) is 6.54 Å². The molecule has 0 unspecified atom stereocenters. The molecule has 0 atom stereocenters. The largest absolute Gasteiger partial charge is 0.348 e. The normalized spacial score (nSPS) is 15.1. The molecule has 1 heterocycles. The Morgan fingerprint density at radius 1 is 1.11 bits per heavy atom. The number of halogens is 2. The highest BCUT2D eigenvalue weighted by Crippen LogP contribution is 2.27. The summed E-state index contributed by atoms with van der Waals surface area (Å²) in [6, 6.07) is 12.2. The molecule has 1 fully saturated rings. The van der Waals surface area contributed by atoms with Gasteiger partial charge in [0, 0.05) is 49.9 Å². The number of hydrogen-bond acceptors (Lipinski definition) is 4. The maximum atomic E-state index is 11.0. The van der Waals surface area contributed by atoms with E-state index in [1.165, 1.54) is 23.8 Å². The SMILES string of the molecule is O=[N+]([O-])c1ccc(Cl)c(NC(=S)N2CCCN(Cc3ccc(Cl)cc3)CC2)c1. The van der Waals surface area contributed by atoms with Crippen molar-refractivity contribution in [2.24, 2.45) is 0 Å². The zero-order valence-corrected chi connectivity index (χ0v) is 17.4. The number of thiocarbonyl (C=S) groups is 1. The van der Waals surface area contributed by atoms with Crippen molar-refractivity contribution in [3.63, 3.8) is 0 Å². The second-order valence-electron chi connectivity index (χ2n) is 6.59. The van der Waals surface area contributed by atoms with Gasteiger partial charge in [0.25, 0.3) is 5.69 Å². The van der Waals surface area contributed by atoms with Gasteiger partial charge in [0.05, 0.1) is 15.6 Å². The average Bonchev–Trinajstić information content (AvgIpc) is 2.91. The van der Waals surface area contributed by atoms with E-state index in [4.69, 9.17) is 35.4 Å². The van der Waals surface area contributed by atoms with E-state index in [9.17, 15) is 10.1 Å². The Bertz CT molecular complexity index is 864. The van der Waals surface area contributed by atoms with Gasteiger partial charge in [-0.1, -0.05) is 35.3 Å². The number of hydrogen-bond donors (Lipinski definition) is 1. The fourth-order valence-corrected chi connectivity index (χ4v) is 3.68. The molecule has 148 valence electrons. The van der Waals surface area contributed by atoms with Crippen LogP contribution in [0.15, 0.2) is 42.5 Å². The highest BCUT2D eigenvalue weighted by atomic mass is 35.5. The van der Waals surface area contributed by atoms with Crippen molar-refractivity contribution in [3.05, 3.63) is 68.2 Å². The molecule has 1 saturated heterocycles. The minimum atomic E-state index is -0.453. The molecule has 3 rings (SSSR count). The molecular formula is C19H20Cl2N4O2S. The van der Waals surface area contributed by atoms with Gasteiger partial charge in [-0.25, -0.2) is 0 Å². The summed E-state index contributed by atoms with van der Waals surface area (Å²) >= 11 is 17.6. The summed E-state index contributed by atoms with van der Waals surface area (Å²) < 4.78 is 0. The van der Waals surface area contributed by atoms with Crippen LogP contribution in [0.25, 0.3) is 0 Å². The summed E-state index contributed by atoms with van der Waals surface area (Å²) in [6.07, 6.45) is 0.970. The van der Waals surface area contributed by atoms with Crippen LogP contribution in [0.3, 0.4) is 0 Å². The molecule has 0 aliphatic carbocycles. The monoisotopic (exact) mass is 438 g/mol. The van der Waals surface area contributed by atoms with Crippen LogP contribution >= 0.6 is 35.4 Å². The predicted molar refractivity (Wildman–Crippen MR) is 117 cm³/mol. The van der Waals surface area contributed by atoms with Crippen molar-refractivity contribution >= 4 is 51.9 Å². The van der Waals surface area contributed by atoms with E-state index in [-0.39, 0.29) is 5.69 Å². The number of nitrogens with one attached hydrogen (secondary N) is 1. The van der Waals surface area contributed by atoms with Gasteiger partial charge in [-0.2, -0.15) is 0 Å². The second kappa shape index (κ2) is 9.52. The van der Waals surface area contributed by atoms with Crippen LogP contribution in [0.1, 0.15) is 12.0 Å². The minimum Gasteiger partial charge on any atom is -0.348 e. The van der Waals surface area contributed by atoms with E-state index >= 15 is 0 Å². The molecule has 0 radical (unpaired) electrons. The molecule has 9 heteroatoms. The van der Waals surface area contributed by atoms with Gasteiger partial charge in [-0.05, 0) is 42.4 Å². The molecule has 0 aromatic heterocycles. The van der Waals surface area contributed by atoms with E-state index in [1.807, 2.05) is 24.3 Å². The topological polar surface area (TPSA) is 61.7 Å². The molecule has 0 spiro atoms. The van der Waals surface area contributed by atoms with Gasteiger partial charge >= 0.3 is 0 Å². The Hall–Kier alpha value is -1.93. The summed E-state index contributed by atoms with van der Waals surface area (Å²) in [4.78, 5) is 15.0. The molecule has 0 amide bonds. The first-order valence-corrected chi connectivity index (χ1v) is 10.1. The lowest BCUT2D eigenvalue weighted by Gasteiger charge is -2.25. The van der Waals surface area contributed by atoms with Crippen LogP contribution in [0.4, 0.5) is 11.4 Å². The summed E-state index contributed by atoms with van der Waals surface area (Å²) in [5.41, 5.74) is 1.64. The maximum absolute atomic E-state index is 11.0. The smallest absolute Gasteiger partial charge is 0.271 e. The Balaban J connectivity index is 1.59. The number of rotatable bonds is 4. The van der Waals surface area contributed by atoms with Crippen LogP contribution < -0.4 is 5.32 Å². The molecule has 1 aliphatic rings. The quantitative estimate of drug-likeness (QED) is 0.419. The molecule has 28 heavy (non-hydrogen) atoms. The number of anilines is 1. The average molecular weight is 439 g/mol. The Labute approximate surface area is 179 Å². The first kappa shape index (κ1) is 20.8. The molecule has 0 bridgehead atoms. The lowest BCUT2D eigenvalue weighted by Crippen LogP contribution is -2.37. The number of nitrogens with zero attached hydrogens (tertiary/aromatic N) is 3. The second-order valence-corrected chi connectivity index (χ2v) is 7.82. The van der Waals surface area contributed by atoms with Gasteiger partial charge in [-0.15, -0.1) is 0 Å². The zero-order chi connectivity index (χ0) is 20.1. The van der Waals surface area contributed by atoms with E-state index in [0.29, 0.717) is 15.8 Å². The lowest BCUT2D eigenvalue weighted by molar-refractivity contribution is -0.384. The first-order valence-electron chi connectivity index (χ1n) is 8.89. The fraction of sp³-hybridized carbons (Fsp3) is 0.316. The summed E-state index contributed by atoms with van der Waals surface area (Å²) in [6.45, 7) is 4.29. The van der Waals surface area contributed by atoms with Gasteiger partial charge in [0.1, 0.15) is 0 Å². The van der Waals surface area contributed by atoms with Crippen molar-refractivity contribution in [3.8, 4) is 0 Å². The molecule has 6 nitrogen and oxygen atoms in total. The van der Waals surface area contributed by atoms with Crippen molar-refractivity contribution in [1.29, 1.82) is 0 Å². The maximum Gasteiger partial charge on any atom is 0.271 e. The van der Waals surface area contributed by atoms with Crippen LogP contribution in [0, 0.1) is 10.1 Å². The van der Waals surface area contributed by atoms with Gasteiger partial charge < -0.3 is 10.2 Å². The van der Waals surface area contributed by atoms with Gasteiger partial charge in [-0.3, -0.25) is 15.0 Å². The highest BCUT2D eigenvalue weighted by molar-refractivity contribution is 7.80. The molecular weight excluding hydrogens is 419 g/mol. The first-order chi connectivity index (χ1) is 13.4. The van der Waals surface area contributed by atoms with Crippen molar-refractivity contribution in [2.45, 2.75) is 13.0 Å². The van der Waals surface area contributed by atoms with E-state index in [0.717, 1.165) is 44.2 Å². The lowest BCUT2D eigenvalue weighted by atomic mass is 10.2. The number of nitro benzene ring substituents is 1. The van der Waals surface area contributed by atoms with Crippen LogP contribution in [0.5, 0.6) is 0 Å². The molecule has 2 aromatic rings. The summed E-state index contributed by atoms with van der Waals surface area (Å²) in [5, 5.41) is 15.7. The number of nitro groups is 1. The molecule has 1 aliphatic heterocycles. The van der Waals surface area contributed by atoms with Crippen molar-refractivity contribution in [1.82, 2.24) is 9.80 Å². The number of benzene rings is 2.